The number of carbonyl (C=O) groups excluding carboxylic acids is 1. The third kappa shape index (κ3) is 3.22. The van der Waals surface area contributed by atoms with Crippen molar-refractivity contribution in [2.75, 3.05) is 34.7 Å². The molecule has 4 rings (SSSR count). The molecule has 0 saturated carbocycles. The van der Waals surface area contributed by atoms with E-state index in [9.17, 15) is 9.90 Å². The molecule has 2 aromatic carbocycles. The van der Waals surface area contributed by atoms with Gasteiger partial charge in [-0.05, 0) is 35.4 Å². The van der Waals surface area contributed by atoms with Crippen molar-refractivity contribution in [1.29, 1.82) is 0 Å². The number of fused-ring (bicyclic) bond motifs is 1. The summed E-state index contributed by atoms with van der Waals surface area (Å²) in [5, 5.41) is 10.3. The van der Waals surface area contributed by atoms with Crippen LogP contribution in [-0.2, 0) is 9.53 Å². The predicted octanol–water partition coefficient (Wildman–Crippen LogP) is 3.09. The number of hydrogen-bond donors (Lipinski definition) is 1. The van der Waals surface area contributed by atoms with E-state index in [2.05, 4.69) is 0 Å². The summed E-state index contributed by atoms with van der Waals surface area (Å²) in [5.74, 6) is 1.14. The van der Waals surface area contributed by atoms with Crippen molar-refractivity contribution in [3.63, 3.8) is 0 Å². The summed E-state index contributed by atoms with van der Waals surface area (Å²) in [6.07, 6.45) is 0. The minimum Gasteiger partial charge on any atom is -0.502 e. The molecule has 8 nitrogen and oxygen atoms in total. The Bertz CT molecular complexity index is 930. The van der Waals surface area contributed by atoms with Gasteiger partial charge in [0, 0.05) is 11.8 Å². The Hall–Kier alpha value is -3.29. The predicted molar refractivity (Wildman–Crippen MR) is 106 cm³/mol. The zero-order chi connectivity index (χ0) is 21.4. The van der Waals surface area contributed by atoms with Gasteiger partial charge in [-0.15, -0.1) is 0 Å². The van der Waals surface area contributed by atoms with Crippen LogP contribution in [0.5, 0.6) is 34.5 Å². The second-order valence-electron chi connectivity index (χ2n) is 7.29. The first-order valence-corrected chi connectivity index (χ1v) is 9.57. The van der Waals surface area contributed by atoms with Crippen LogP contribution in [0.2, 0.25) is 0 Å². The van der Waals surface area contributed by atoms with E-state index in [0.29, 0.717) is 17.2 Å². The maximum Gasteiger partial charge on any atom is 0.309 e. The van der Waals surface area contributed by atoms with E-state index in [4.69, 9.17) is 28.4 Å². The van der Waals surface area contributed by atoms with Crippen molar-refractivity contribution in [2.24, 2.45) is 11.8 Å². The molecule has 3 atom stereocenters. The minimum absolute atomic E-state index is 0.0856. The number of methoxy groups -OCH3 is 3. The number of ether oxygens (including phenoxy) is 6. The number of benzene rings is 2. The zero-order valence-corrected chi connectivity index (χ0v) is 17.3. The molecule has 1 fully saturated rings. The van der Waals surface area contributed by atoms with Gasteiger partial charge in [-0.3, -0.25) is 4.79 Å². The highest BCUT2D eigenvalue weighted by Gasteiger charge is 2.41. The zero-order valence-electron chi connectivity index (χ0n) is 17.3. The lowest BCUT2D eigenvalue weighted by atomic mass is 9.76. The Kier molecular flexibility index (Phi) is 5.24. The third-order valence-corrected chi connectivity index (χ3v) is 5.76. The molecule has 30 heavy (non-hydrogen) atoms. The molecule has 2 aromatic rings. The van der Waals surface area contributed by atoms with Gasteiger partial charge < -0.3 is 33.5 Å². The molecule has 160 valence electrons. The first kappa shape index (κ1) is 20.0. The monoisotopic (exact) mass is 416 g/mol. The topological polar surface area (TPSA) is 92.7 Å². The summed E-state index contributed by atoms with van der Waals surface area (Å²) >= 11 is 0. The summed E-state index contributed by atoms with van der Waals surface area (Å²) < 4.78 is 32.7. The highest BCUT2D eigenvalue weighted by atomic mass is 16.7. The van der Waals surface area contributed by atoms with E-state index >= 15 is 0 Å². The average molecular weight is 416 g/mol. The van der Waals surface area contributed by atoms with Gasteiger partial charge in [0.15, 0.2) is 23.0 Å². The Morgan fingerprint density at radius 2 is 1.53 bits per heavy atom. The van der Waals surface area contributed by atoms with Crippen LogP contribution in [0.3, 0.4) is 0 Å². The third-order valence-electron chi connectivity index (χ3n) is 5.76. The highest BCUT2D eigenvalue weighted by Crippen LogP contribution is 2.49. The normalized spacial score (nSPS) is 20.6. The molecular weight excluding hydrogens is 392 g/mol. The Morgan fingerprint density at radius 1 is 0.933 bits per heavy atom. The number of phenolic OH excluding ortho intramolecular Hbond substituents is 1. The van der Waals surface area contributed by atoms with Gasteiger partial charge in [0.25, 0.3) is 0 Å². The summed E-state index contributed by atoms with van der Waals surface area (Å²) in [5.41, 5.74) is 1.67. The van der Waals surface area contributed by atoms with Crippen molar-refractivity contribution in [1.82, 2.24) is 0 Å². The van der Waals surface area contributed by atoms with Crippen LogP contribution in [0.25, 0.3) is 0 Å². The van der Waals surface area contributed by atoms with Crippen molar-refractivity contribution in [3.8, 4) is 34.5 Å². The fourth-order valence-corrected chi connectivity index (χ4v) is 4.12. The molecule has 0 bridgehead atoms. The van der Waals surface area contributed by atoms with Crippen molar-refractivity contribution in [3.05, 3.63) is 35.4 Å². The summed E-state index contributed by atoms with van der Waals surface area (Å²) in [6, 6.07) is 7.25. The van der Waals surface area contributed by atoms with Gasteiger partial charge in [0.2, 0.25) is 18.3 Å². The number of carbonyl (C=O) groups is 1. The molecular formula is C22H24O8. The number of rotatable bonds is 6. The fraction of sp³-hybridized carbons (Fsp3) is 0.409. The van der Waals surface area contributed by atoms with E-state index in [1.54, 1.807) is 19.2 Å². The van der Waals surface area contributed by atoms with Crippen LogP contribution in [0.15, 0.2) is 24.3 Å². The lowest BCUT2D eigenvalue weighted by molar-refractivity contribution is -0.140. The van der Waals surface area contributed by atoms with Gasteiger partial charge in [-0.1, -0.05) is 6.92 Å². The van der Waals surface area contributed by atoms with Crippen LogP contribution >= 0.6 is 0 Å². The fourth-order valence-electron chi connectivity index (χ4n) is 4.12. The van der Waals surface area contributed by atoms with E-state index in [0.717, 1.165) is 11.1 Å². The largest absolute Gasteiger partial charge is 0.502 e. The van der Waals surface area contributed by atoms with Crippen LogP contribution in [-0.4, -0.2) is 45.8 Å². The van der Waals surface area contributed by atoms with E-state index in [1.807, 2.05) is 19.1 Å². The van der Waals surface area contributed by atoms with Crippen LogP contribution in [0.1, 0.15) is 24.0 Å². The first-order chi connectivity index (χ1) is 14.5. The highest BCUT2D eigenvalue weighted by molar-refractivity contribution is 5.75. The lowest BCUT2D eigenvalue weighted by Gasteiger charge is -2.27. The van der Waals surface area contributed by atoms with Gasteiger partial charge >= 0.3 is 5.97 Å². The molecule has 0 aliphatic carbocycles. The number of phenols is 1. The molecule has 0 radical (unpaired) electrons. The standard InChI is InChI=1S/C22H24O8/c1-11-14(9-28-22(11)24)19(12-5-15(25-2)20(23)16(6-12)26-3)13-7-17(27-4)21-18(8-13)29-10-30-21/h5-8,11,14,19,23H,9-10H2,1-4H3. The van der Waals surface area contributed by atoms with E-state index in [-0.39, 0.29) is 54.4 Å². The van der Waals surface area contributed by atoms with E-state index in [1.165, 1.54) is 14.2 Å². The summed E-state index contributed by atoms with van der Waals surface area (Å²) in [7, 11) is 4.51. The van der Waals surface area contributed by atoms with Gasteiger partial charge in [-0.25, -0.2) is 0 Å². The van der Waals surface area contributed by atoms with Crippen LogP contribution in [0.4, 0.5) is 0 Å². The number of aromatic hydroxyl groups is 1. The molecule has 2 aliphatic rings. The molecule has 1 saturated heterocycles. The first-order valence-electron chi connectivity index (χ1n) is 9.57. The summed E-state index contributed by atoms with van der Waals surface area (Å²) in [4.78, 5) is 12.2. The second kappa shape index (κ2) is 7.85. The average Bonchev–Trinajstić information content (AvgIpc) is 3.36. The van der Waals surface area contributed by atoms with Gasteiger partial charge in [0.05, 0.1) is 33.9 Å². The number of esters is 1. The number of cyclic esters (lactones) is 1. The van der Waals surface area contributed by atoms with Crippen molar-refractivity contribution >= 4 is 5.97 Å². The molecule has 0 amide bonds. The number of hydrogen-bond acceptors (Lipinski definition) is 8. The molecule has 0 aromatic heterocycles. The Balaban J connectivity index is 1.90. The van der Waals surface area contributed by atoms with Crippen molar-refractivity contribution < 1.29 is 38.3 Å². The Labute approximate surface area is 174 Å². The van der Waals surface area contributed by atoms with Crippen molar-refractivity contribution in [2.45, 2.75) is 12.8 Å². The lowest BCUT2D eigenvalue weighted by Crippen LogP contribution is -2.21. The quantitative estimate of drug-likeness (QED) is 0.719. The van der Waals surface area contributed by atoms with Crippen LogP contribution in [0, 0.1) is 11.8 Å². The maximum atomic E-state index is 12.2. The van der Waals surface area contributed by atoms with Gasteiger partial charge in [-0.2, -0.15) is 0 Å². The molecule has 2 heterocycles. The minimum atomic E-state index is -0.322. The molecule has 2 aliphatic heterocycles. The van der Waals surface area contributed by atoms with Gasteiger partial charge in [0.1, 0.15) is 0 Å². The summed E-state index contributed by atoms with van der Waals surface area (Å²) in [6.45, 7) is 2.24. The Morgan fingerprint density at radius 3 is 2.10 bits per heavy atom. The molecule has 3 unspecified atom stereocenters. The van der Waals surface area contributed by atoms with Crippen LogP contribution < -0.4 is 23.7 Å². The molecule has 0 spiro atoms. The molecule has 1 N–H and O–H groups in total. The maximum absolute atomic E-state index is 12.2. The molecule has 8 heteroatoms. The smallest absolute Gasteiger partial charge is 0.309 e. The SMILES string of the molecule is COc1cc(C(c2cc(OC)c3c(c2)OCO3)C2COC(=O)C2C)cc(OC)c1O. The second-order valence-corrected chi connectivity index (χ2v) is 7.29. The van der Waals surface area contributed by atoms with E-state index < -0.39 is 0 Å².